The number of aromatic nitrogens is 2. The Hall–Kier alpha value is -1.69. The van der Waals surface area contributed by atoms with Gasteiger partial charge in [0.15, 0.2) is 6.61 Å². The highest BCUT2D eigenvalue weighted by Gasteiger charge is 2.12. The van der Waals surface area contributed by atoms with E-state index in [4.69, 9.17) is 10.5 Å². The number of carbonyl (C=O) groups is 1. The second kappa shape index (κ2) is 5.58. The van der Waals surface area contributed by atoms with Gasteiger partial charge in [-0.2, -0.15) is 0 Å². The number of carbonyl (C=O) groups excluding carboxylic acids is 1. The van der Waals surface area contributed by atoms with Crippen LogP contribution in [0, 0.1) is 6.92 Å². The number of nitrogens with two attached hydrogens (primary N) is 1. The Morgan fingerprint density at radius 1 is 1.53 bits per heavy atom. The lowest BCUT2D eigenvalue weighted by molar-refractivity contribution is -0.123. The van der Waals surface area contributed by atoms with Gasteiger partial charge in [0.1, 0.15) is 6.33 Å². The molecule has 0 unspecified atom stereocenters. The minimum absolute atomic E-state index is 0.0769. The number of hydrogen-bond donors (Lipinski definition) is 2. The van der Waals surface area contributed by atoms with Crippen molar-refractivity contribution in [3.05, 3.63) is 18.1 Å². The van der Waals surface area contributed by atoms with Crippen LogP contribution in [0.25, 0.3) is 0 Å². The van der Waals surface area contributed by atoms with Crippen molar-refractivity contribution >= 4 is 5.91 Å². The molecular formula is C11H18N4O2. The van der Waals surface area contributed by atoms with Crippen LogP contribution in [0.4, 0.5) is 0 Å². The summed E-state index contributed by atoms with van der Waals surface area (Å²) in [5.41, 5.74) is 6.10. The van der Waals surface area contributed by atoms with Crippen molar-refractivity contribution in [2.45, 2.75) is 26.3 Å². The van der Waals surface area contributed by atoms with Crippen LogP contribution in [-0.2, 0) is 4.79 Å². The van der Waals surface area contributed by atoms with Crippen LogP contribution in [0.3, 0.4) is 0 Å². The Morgan fingerprint density at radius 2 is 2.24 bits per heavy atom. The van der Waals surface area contributed by atoms with Crippen molar-refractivity contribution in [2.75, 3.05) is 13.2 Å². The predicted octanol–water partition coefficient (Wildman–Crippen LogP) is 0.0173. The first-order valence-electron chi connectivity index (χ1n) is 5.34. The van der Waals surface area contributed by atoms with Crippen molar-refractivity contribution in [2.24, 2.45) is 5.73 Å². The van der Waals surface area contributed by atoms with Crippen LogP contribution in [-0.4, -0.2) is 34.6 Å². The molecule has 1 rings (SSSR count). The van der Waals surface area contributed by atoms with Crippen molar-refractivity contribution in [3.63, 3.8) is 0 Å². The van der Waals surface area contributed by atoms with Gasteiger partial charge < -0.3 is 15.8 Å². The summed E-state index contributed by atoms with van der Waals surface area (Å²) in [5.74, 6) is 0.166. The van der Waals surface area contributed by atoms with E-state index in [-0.39, 0.29) is 12.5 Å². The Labute approximate surface area is 101 Å². The molecule has 94 valence electrons. The SMILES string of the molecule is Cc1cc(OCC(=O)NCC(C)(C)N)ncn1. The maximum absolute atomic E-state index is 11.4. The molecule has 0 aliphatic carbocycles. The number of rotatable bonds is 5. The van der Waals surface area contributed by atoms with Gasteiger partial charge in [-0.1, -0.05) is 0 Å². The zero-order valence-electron chi connectivity index (χ0n) is 10.4. The van der Waals surface area contributed by atoms with Gasteiger partial charge in [-0.05, 0) is 20.8 Å². The van der Waals surface area contributed by atoms with Gasteiger partial charge in [0, 0.05) is 23.8 Å². The monoisotopic (exact) mass is 238 g/mol. The summed E-state index contributed by atoms with van der Waals surface area (Å²) in [7, 11) is 0. The summed E-state index contributed by atoms with van der Waals surface area (Å²) in [5, 5.41) is 2.68. The third-order valence-corrected chi connectivity index (χ3v) is 1.87. The molecule has 0 radical (unpaired) electrons. The lowest BCUT2D eigenvalue weighted by Gasteiger charge is -2.18. The van der Waals surface area contributed by atoms with E-state index in [9.17, 15) is 4.79 Å². The highest BCUT2D eigenvalue weighted by atomic mass is 16.5. The minimum atomic E-state index is -0.429. The van der Waals surface area contributed by atoms with Crippen LogP contribution in [0.1, 0.15) is 19.5 Å². The fourth-order valence-corrected chi connectivity index (χ4v) is 1.03. The molecule has 0 atom stereocenters. The summed E-state index contributed by atoms with van der Waals surface area (Å²) >= 11 is 0. The van der Waals surface area contributed by atoms with E-state index in [1.165, 1.54) is 6.33 Å². The number of nitrogens with one attached hydrogen (secondary N) is 1. The fourth-order valence-electron chi connectivity index (χ4n) is 1.03. The second-order valence-corrected chi connectivity index (χ2v) is 4.55. The maximum atomic E-state index is 11.4. The topological polar surface area (TPSA) is 90.1 Å². The summed E-state index contributed by atoms with van der Waals surface area (Å²) < 4.78 is 5.21. The summed E-state index contributed by atoms with van der Waals surface area (Å²) in [4.78, 5) is 19.2. The lowest BCUT2D eigenvalue weighted by atomic mass is 10.1. The molecule has 0 aliphatic heterocycles. The molecule has 0 aliphatic rings. The van der Waals surface area contributed by atoms with Crippen molar-refractivity contribution < 1.29 is 9.53 Å². The van der Waals surface area contributed by atoms with Crippen molar-refractivity contribution in [1.29, 1.82) is 0 Å². The van der Waals surface area contributed by atoms with Gasteiger partial charge >= 0.3 is 0 Å². The first-order valence-corrected chi connectivity index (χ1v) is 5.34. The molecule has 0 bridgehead atoms. The van der Waals surface area contributed by atoms with Crippen LogP contribution in [0.15, 0.2) is 12.4 Å². The molecular weight excluding hydrogens is 220 g/mol. The maximum Gasteiger partial charge on any atom is 0.258 e. The molecule has 0 saturated carbocycles. The zero-order chi connectivity index (χ0) is 12.9. The molecule has 0 aromatic carbocycles. The molecule has 6 nitrogen and oxygen atoms in total. The van der Waals surface area contributed by atoms with E-state index >= 15 is 0 Å². The highest BCUT2D eigenvalue weighted by molar-refractivity contribution is 5.77. The average Bonchev–Trinajstić information content (AvgIpc) is 2.23. The number of hydrogen-bond acceptors (Lipinski definition) is 5. The van der Waals surface area contributed by atoms with E-state index in [0.717, 1.165) is 5.69 Å². The molecule has 1 heterocycles. The van der Waals surface area contributed by atoms with Gasteiger partial charge in [-0.3, -0.25) is 4.79 Å². The number of ether oxygens (including phenoxy) is 1. The standard InChI is InChI=1S/C11H18N4O2/c1-8-4-10(15-7-14-8)17-5-9(16)13-6-11(2,3)12/h4,7H,5-6,12H2,1-3H3,(H,13,16). The third kappa shape index (κ3) is 5.82. The molecule has 0 spiro atoms. The first-order chi connectivity index (χ1) is 7.87. The quantitative estimate of drug-likeness (QED) is 0.754. The Balaban J connectivity index is 2.33. The van der Waals surface area contributed by atoms with Crippen molar-refractivity contribution in [1.82, 2.24) is 15.3 Å². The van der Waals surface area contributed by atoms with Gasteiger partial charge in [0.2, 0.25) is 5.88 Å². The van der Waals surface area contributed by atoms with Gasteiger partial charge in [0.25, 0.3) is 5.91 Å². The molecule has 0 fully saturated rings. The Bertz CT molecular complexity index is 387. The molecule has 6 heteroatoms. The Morgan fingerprint density at radius 3 is 2.82 bits per heavy atom. The number of nitrogens with zero attached hydrogens (tertiary/aromatic N) is 2. The normalized spacial score (nSPS) is 11.1. The zero-order valence-corrected chi connectivity index (χ0v) is 10.4. The molecule has 17 heavy (non-hydrogen) atoms. The number of amides is 1. The van der Waals surface area contributed by atoms with Crippen LogP contribution in [0.5, 0.6) is 5.88 Å². The van der Waals surface area contributed by atoms with Gasteiger partial charge in [-0.25, -0.2) is 9.97 Å². The molecule has 1 amide bonds. The smallest absolute Gasteiger partial charge is 0.258 e. The molecule has 0 saturated heterocycles. The van der Waals surface area contributed by atoms with E-state index in [1.54, 1.807) is 6.07 Å². The Kier molecular flexibility index (Phi) is 4.39. The highest BCUT2D eigenvalue weighted by Crippen LogP contribution is 2.05. The van der Waals surface area contributed by atoms with Crippen LogP contribution in [0.2, 0.25) is 0 Å². The van der Waals surface area contributed by atoms with E-state index in [0.29, 0.717) is 12.4 Å². The number of aryl methyl sites for hydroxylation is 1. The van der Waals surface area contributed by atoms with Gasteiger partial charge in [0.05, 0.1) is 0 Å². The predicted molar refractivity (Wildman–Crippen MR) is 63.5 cm³/mol. The van der Waals surface area contributed by atoms with E-state index in [2.05, 4.69) is 15.3 Å². The lowest BCUT2D eigenvalue weighted by Crippen LogP contribution is -2.46. The molecule has 1 aromatic rings. The minimum Gasteiger partial charge on any atom is -0.467 e. The summed E-state index contributed by atoms with van der Waals surface area (Å²) in [6.07, 6.45) is 1.39. The fraction of sp³-hybridized carbons (Fsp3) is 0.545. The van der Waals surface area contributed by atoms with E-state index < -0.39 is 5.54 Å². The molecule has 3 N–H and O–H groups in total. The summed E-state index contributed by atoms with van der Waals surface area (Å²) in [6.45, 7) is 5.82. The first kappa shape index (κ1) is 13.4. The van der Waals surface area contributed by atoms with Crippen molar-refractivity contribution in [3.8, 4) is 5.88 Å². The van der Waals surface area contributed by atoms with Gasteiger partial charge in [-0.15, -0.1) is 0 Å². The second-order valence-electron chi connectivity index (χ2n) is 4.55. The van der Waals surface area contributed by atoms with Crippen LogP contribution < -0.4 is 15.8 Å². The van der Waals surface area contributed by atoms with Crippen LogP contribution >= 0.6 is 0 Å². The molecule has 1 aromatic heterocycles. The summed E-state index contributed by atoms with van der Waals surface area (Å²) in [6, 6.07) is 1.67. The third-order valence-electron chi connectivity index (χ3n) is 1.87. The average molecular weight is 238 g/mol. The van der Waals surface area contributed by atoms with E-state index in [1.807, 2.05) is 20.8 Å². The largest absolute Gasteiger partial charge is 0.467 e.